The van der Waals surface area contributed by atoms with Gasteiger partial charge in [0, 0.05) is 12.1 Å². The molecule has 0 aliphatic heterocycles. The molecule has 144 valence electrons. The van der Waals surface area contributed by atoms with Crippen LogP contribution in [-0.4, -0.2) is 25.2 Å². The maximum absolute atomic E-state index is 3.87. The van der Waals surface area contributed by atoms with Gasteiger partial charge >= 0.3 is 0 Å². The molecular weight excluding hydrogens is 339 g/mol. The molecule has 0 radical (unpaired) electrons. The molecular formula is C20H40Cl2N2. The third-order valence-corrected chi connectivity index (χ3v) is 6.57. The van der Waals surface area contributed by atoms with Gasteiger partial charge in [-0.25, -0.2) is 0 Å². The monoisotopic (exact) mass is 378 g/mol. The molecule has 0 amide bonds. The van der Waals surface area contributed by atoms with Crippen LogP contribution in [0.1, 0.15) is 89.9 Å². The number of hydrogen-bond donors (Lipinski definition) is 2. The quantitative estimate of drug-likeness (QED) is 0.638. The molecule has 24 heavy (non-hydrogen) atoms. The molecule has 0 atom stereocenters. The van der Waals surface area contributed by atoms with E-state index in [9.17, 15) is 0 Å². The van der Waals surface area contributed by atoms with E-state index in [-0.39, 0.29) is 24.8 Å². The molecule has 0 aromatic heterocycles. The summed E-state index contributed by atoms with van der Waals surface area (Å²) in [6, 6.07) is 1.69. The maximum atomic E-state index is 3.87. The highest BCUT2D eigenvalue weighted by molar-refractivity contribution is 5.85. The lowest BCUT2D eigenvalue weighted by Gasteiger charge is -2.32. The lowest BCUT2D eigenvalue weighted by molar-refractivity contribution is 0.237. The Kier molecular flexibility index (Phi) is 12.0. The first-order chi connectivity index (χ1) is 10.9. The molecule has 0 aromatic rings. The topological polar surface area (TPSA) is 24.1 Å². The van der Waals surface area contributed by atoms with Crippen LogP contribution in [0.25, 0.3) is 0 Å². The van der Waals surface area contributed by atoms with E-state index in [2.05, 4.69) is 10.6 Å². The van der Waals surface area contributed by atoms with Gasteiger partial charge in [-0.2, -0.15) is 0 Å². The highest BCUT2D eigenvalue weighted by atomic mass is 35.5. The molecule has 2 nitrogen and oxygen atoms in total. The molecule has 4 heteroatoms. The predicted molar refractivity (Wildman–Crippen MR) is 110 cm³/mol. The second-order valence-corrected chi connectivity index (χ2v) is 8.37. The van der Waals surface area contributed by atoms with Gasteiger partial charge < -0.3 is 10.6 Å². The van der Waals surface area contributed by atoms with E-state index in [1.54, 1.807) is 0 Å². The van der Waals surface area contributed by atoms with E-state index in [1.807, 2.05) is 0 Å². The summed E-state index contributed by atoms with van der Waals surface area (Å²) < 4.78 is 0. The summed E-state index contributed by atoms with van der Waals surface area (Å²) in [7, 11) is 0. The number of nitrogens with one attached hydrogen (secondary N) is 2. The molecule has 3 fully saturated rings. The average Bonchev–Trinajstić information content (AvgIpc) is 2.61. The summed E-state index contributed by atoms with van der Waals surface area (Å²) in [4.78, 5) is 0. The Morgan fingerprint density at radius 2 is 0.792 bits per heavy atom. The van der Waals surface area contributed by atoms with E-state index in [4.69, 9.17) is 0 Å². The zero-order valence-electron chi connectivity index (χ0n) is 15.4. The normalized spacial score (nSPS) is 29.5. The Morgan fingerprint density at radius 3 is 1.12 bits per heavy atom. The summed E-state index contributed by atoms with van der Waals surface area (Å²) in [6.45, 7) is 2.60. The van der Waals surface area contributed by atoms with Gasteiger partial charge in [-0.1, -0.05) is 38.5 Å². The van der Waals surface area contributed by atoms with Crippen molar-refractivity contribution >= 4 is 24.8 Å². The third kappa shape index (κ3) is 7.81. The smallest absolute Gasteiger partial charge is 0.00671 e. The van der Waals surface area contributed by atoms with Gasteiger partial charge in [0.2, 0.25) is 0 Å². The summed E-state index contributed by atoms with van der Waals surface area (Å²) >= 11 is 0. The zero-order chi connectivity index (χ0) is 15.0. The van der Waals surface area contributed by atoms with Crippen molar-refractivity contribution in [1.29, 1.82) is 0 Å². The second kappa shape index (κ2) is 12.8. The average molecular weight is 379 g/mol. The Labute approximate surface area is 162 Å². The minimum atomic E-state index is 0. The molecule has 0 spiro atoms. The molecule has 3 saturated carbocycles. The summed E-state index contributed by atoms with van der Waals surface area (Å²) in [5, 5.41) is 7.75. The first-order valence-electron chi connectivity index (χ1n) is 10.4. The van der Waals surface area contributed by atoms with Crippen molar-refractivity contribution in [2.45, 2.75) is 102 Å². The van der Waals surface area contributed by atoms with Gasteiger partial charge in [-0.3, -0.25) is 0 Å². The van der Waals surface area contributed by atoms with Gasteiger partial charge in [0.1, 0.15) is 0 Å². The SMILES string of the molecule is C1CCC(NCC2CCC(CNC3CCCCC3)CC2)CC1.Cl.Cl. The van der Waals surface area contributed by atoms with Crippen molar-refractivity contribution in [3.63, 3.8) is 0 Å². The Bertz CT molecular complexity index is 264. The van der Waals surface area contributed by atoms with Crippen molar-refractivity contribution in [3.8, 4) is 0 Å². The lowest BCUT2D eigenvalue weighted by Crippen LogP contribution is -2.38. The highest BCUT2D eigenvalue weighted by Crippen LogP contribution is 2.29. The lowest BCUT2D eigenvalue weighted by atomic mass is 9.81. The van der Waals surface area contributed by atoms with Gasteiger partial charge in [0.05, 0.1) is 0 Å². The van der Waals surface area contributed by atoms with E-state index in [1.165, 1.54) is 103 Å². The van der Waals surface area contributed by atoms with Gasteiger partial charge in [-0.15, -0.1) is 24.8 Å². The maximum Gasteiger partial charge on any atom is 0.00671 e. The van der Waals surface area contributed by atoms with Crippen LogP contribution >= 0.6 is 24.8 Å². The van der Waals surface area contributed by atoms with Gasteiger partial charge in [0.15, 0.2) is 0 Å². The Morgan fingerprint density at radius 1 is 0.458 bits per heavy atom. The molecule has 0 saturated heterocycles. The van der Waals surface area contributed by atoms with Crippen LogP contribution in [0.2, 0.25) is 0 Å². The number of halogens is 2. The number of hydrogen-bond acceptors (Lipinski definition) is 2. The van der Waals surface area contributed by atoms with Crippen molar-refractivity contribution in [1.82, 2.24) is 10.6 Å². The summed E-state index contributed by atoms with van der Waals surface area (Å²) in [5.41, 5.74) is 0. The number of rotatable bonds is 6. The Balaban J connectivity index is 0.00000144. The van der Waals surface area contributed by atoms with Crippen LogP contribution in [-0.2, 0) is 0 Å². The molecule has 0 bridgehead atoms. The fourth-order valence-corrected chi connectivity index (χ4v) is 4.92. The molecule has 3 aliphatic carbocycles. The molecule has 3 rings (SSSR count). The minimum Gasteiger partial charge on any atom is -0.314 e. The van der Waals surface area contributed by atoms with Crippen LogP contribution in [0.5, 0.6) is 0 Å². The molecule has 0 heterocycles. The van der Waals surface area contributed by atoms with Crippen LogP contribution in [0.4, 0.5) is 0 Å². The summed E-state index contributed by atoms with van der Waals surface area (Å²) in [5.74, 6) is 1.93. The van der Waals surface area contributed by atoms with E-state index in [0.717, 1.165) is 23.9 Å². The molecule has 0 aromatic carbocycles. The first kappa shape index (κ1) is 22.5. The summed E-state index contributed by atoms with van der Waals surface area (Å²) in [6.07, 6.45) is 20.4. The van der Waals surface area contributed by atoms with Crippen molar-refractivity contribution in [3.05, 3.63) is 0 Å². The highest BCUT2D eigenvalue weighted by Gasteiger charge is 2.23. The fourth-order valence-electron chi connectivity index (χ4n) is 4.92. The molecule has 0 unspecified atom stereocenters. The standard InChI is InChI=1S/C20H38N2.2ClH/c1-3-7-19(8-4-1)21-15-17-11-13-18(14-12-17)16-22-20-9-5-2-6-10-20;;/h17-22H,1-16H2;2*1H. The van der Waals surface area contributed by atoms with Gasteiger partial charge in [-0.05, 0) is 76.3 Å². The van der Waals surface area contributed by atoms with Crippen molar-refractivity contribution < 1.29 is 0 Å². The fraction of sp³-hybridized carbons (Fsp3) is 1.00. The second-order valence-electron chi connectivity index (χ2n) is 8.37. The third-order valence-electron chi connectivity index (χ3n) is 6.57. The van der Waals surface area contributed by atoms with Crippen molar-refractivity contribution in [2.24, 2.45) is 11.8 Å². The molecule has 2 N–H and O–H groups in total. The van der Waals surface area contributed by atoms with Crippen LogP contribution in [0.3, 0.4) is 0 Å². The zero-order valence-corrected chi connectivity index (χ0v) is 17.1. The van der Waals surface area contributed by atoms with E-state index >= 15 is 0 Å². The van der Waals surface area contributed by atoms with Crippen LogP contribution in [0.15, 0.2) is 0 Å². The first-order valence-corrected chi connectivity index (χ1v) is 10.4. The largest absolute Gasteiger partial charge is 0.314 e. The van der Waals surface area contributed by atoms with Crippen LogP contribution < -0.4 is 10.6 Å². The molecule has 3 aliphatic rings. The van der Waals surface area contributed by atoms with Crippen molar-refractivity contribution in [2.75, 3.05) is 13.1 Å². The van der Waals surface area contributed by atoms with E-state index in [0.29, 0.717) is 0 Å². The van der Waals surface area contributed by atoms with Gasteiger partial charge in [0.25, 0.3) is 0 Å². The predicted octanol–water partition coefficient (Wildman–Crippen LogP) is 5.48. The van der Waals surface area contributed by atoms with Crippen LogP contribution in [0, 0.1) is 11.8 Å². The van der Waals surface area contributed by atoms with E-state index < -0.39 is 0 Å². The minimum absolute atomic E-state index is 0. The Hall–Kier alpha value is 0.500.